The first kappa shape index (κ1) is 20.6. The molecule has 0 fully saturated rings. The predicted octanol–water partition coefficient (Wildman–Crippen LogP) is 4.68. The Bertz CT molecular complexity index is 1060. The van der Waals surface area contributed by atoms with E-state index in [0.29, 0.717) is 28.7 Å². The molecular formula is C21H24N4O3S. The average Bonchev–Trinajstić information content (AvgIpc) is 3.07. The van der Waals surface area contributed by atoms with Crippen LogP contribution < -0.4 is 14.2 Å². The maximum atomic E-state index is 5.77. The Kier molecular flexibility index (Phi) is 6.66. The van der Waals surface area contributed by atoms with Gasteiger partial charge in [-0.05, 0) is 68.9 Å². The Morgan fingerprint density at radius 3 is 2.76 bits per heavy atom. The lowest BCUT2D eigenvalue weighted by atomic mass is 10.2. The molecule has 1 heterocycles. The van der Waals surface area contributed by atoms with E-state index in [2.05, 4.69) is 15.3 Å². The third kappa shape index (κ3) is 5.03. The van der Waals surface area contributed by atoms with Crippen LogP contribution in [0.5, 0.6) is 17.2 Å². The Hall–Kier alpha value is -3.13. The van der Waals surface area contributed by atoms with Gasteiger partial charge in [0, 0.05) is 5.56 Å². The zero-order chi connectivity index (χ0) is 20.8. The monoisotopic (exact) mass is 412 g/mol. The highest BCUT2D eigenvalue weighted by Crippen LogP contribution is 2.28. The normalized spacial score (nSPS) is 11.2. The molecule has 8 heteroatoms. The molecular weight excluding hydrogens is 388 g/mol. The van der Waals surface area contributed by atoms with Gasteiger partial charge in [0.05, 0.1) is 26.0 Å². The standard InChI is InChI=1S/C21H24N4O3S/c1-5-27-18-10-9-15(11-19(18)26-4)13-22-25-20(23-24-21(25)29)16-7-6-8-17(12-16)28-14(2)3/h6-14H,5H2,1-4H3,(H,24,29)/b22-13+. The zero-order valence-corrected chi connectivity index (χ0v) is 17.7. The summed E-state index contributed by atoms with van der Waals surface area (Å²) in [7, 11) is 1.61. The second kappa shape index (κ2) is 9.38. The van der Waals surface area contributed by atoms with E-state index >= 15 is 0 Å². The van der Waals surface area contributed by atoms with Crippen molar-refractivity contribution in [2.24, 2.45) is 5.10 Å². The van der Waals surface area contributed by atoms with Gasteiger partial charge in [-0.15, -0.1) is 0 Å². The van der Waals surface area contributed by atoms with Crippen LogP contribution >= 0.6 is 12.2 Å². The second-order valence-electron chi connectivity index (χ2n) is 6.45. The second-order valence-corrected chi connectivity index (χ2v) is 6.83. The van der Waals surface area contributed by atoms with Crippen LogP contribution in [0.15, 0.2) is 47.6 Å². The number of benzene rings is 2. The van der Waals surface area contributed by atoms with Gasteiger partial charge in [-0.1, -0.05) is 12.1 Å². The summed E-state index contributed by atoms with van der Waals surface area (Å²) < 4.78 is 18.7. The molecule has 0 amide bonds. The molecule has 1 N–H and O–H groups in total. The first-order chi connectivity index (χ1) is 14.0. The molecule has 29 heavy (non-hydrogen) atoms. The minimum absolute atomic E-state index is 0.0822. The van der Waals surface area contributed by atoms with Crippen LogP contribution in [-0.2, 0) is 0 Å². The number of nitrogens with one attached hydrogen (secondary N) is 1. The SMILES string of the molecule is CCOc1ccc(/C=N/n2c(-c3cccc(OC(C)C)c3)n[nH]c2=S)cc1OC. The molecule has 0 unspecified atom stereocenters. The summed E-state index contributed by atoms with van der Waals surface area (Å²) in [4.78, 5) is 0. The highest BCUT2D eigenvalue weighted by atomic mass is 32.1. The molecule has 0 aliphatic heterocycles. The fraction of sp³-hybridized carbons (Fsp3) is 0.286. The van der Waals surface area contributed by atoms with Crippen molar-refractivity contribution < 1.29 is 14.2 Å². The van der Waals surface area contributed by atoms with Crippen LogP contribution in [-0.4, -0.2) is 40.9 Å². The predicted molar refractivity (Wildman–Crippen MR) is 116 cm³/mol. The maximum absolute atomic E-state index is 5.77. The molecule has 2 aromatic carbocycles. The highest BCUT2D eigenvalue weighted by molar-refractivity contribution is 7.71. The molecule has 0 radical (unpaired) electrons. The Morgan fingerprint density at radius 2 is 2.03 bits per heavy atom. The summed E-state index contributed by atoms with van der Waals surface area (Å²) in [5.74, 6) is 2.69. The smallest absolute Gasteiger partial charge is 0.216 e. The van der Waals surface area contributed by atoms with Gasteiger partial charge in [0.2, 0.25) is 4.77 Å². The number of rotatable bonds is 8. The van der Waals surface area contributed by atoms with Crippen molar-refractivity contribution >= 4 is 18.4 Å². The van der Waals surface area contributed by atoms with Crippen molar-refractivity contribution in [2.75, 3.05) is 13.7 Å². The van der Waals surface area contributed by atoms with E-state index in [-0.39, 0.29) is 6.10 Å². The van der Waals surface area contributed by atoms with Gasteiger partial charge in [0.15, 0.2) is 17.3 Å². The van der Waals surface area contributed by atoms with Gasteiger partial charge >= 0.3 is 0 Å². The largest absolute Gasteiger partial charge is 0.493 e. The first-order valence-electron chi connectivity index (χ1n) is 9.31. The molecule has 0 aliphatic carbocycles. The maximum Gasteiger partial charge on any atom is 0.216 e. The van der Waals surface area contributed by atoms with Crippen molar-refractivity contribution in [2.45, 2.75) is 26.9 Å². The van der Waals surface area contributed by atoms with Crippen molar-refractivity contribution in [1.82, 2.24) is 14.9 Å². The first-order valence-corrected chi connectivity index (χ1v) is 9.72. The lowest BCUT2D eigenvalue weighted by molar-refractivity contribution is 0.242. The molecule has 3 aromatic rings. The van der Waals surface area contributed by atoms with Crippen LogP contribution in [0.25, 0.3) is 11.4 Å². The highest BCUT2D eigenvalue weighted by Gasteiger charge is 2.10. The fourth-order valence-corrected chi connectivity index (χ4v) is 2.91. The van der Waals surface area contributed by atoms with Crippen LogP contribution in [0, 0.1) is 4.77 Å². The molecule has 0 saturated heterocycles. The van der Waals surface area contributed by atoms with Crippen molar-refractivity contribution in [3.8, 4) is 28.6 Å². The van der Waals surface area contributed by atoms with Gasteiger partial charge in [0.1, 0.15) is 5.75 Å². The van der Waals surface area contributed by atoms with E-state index in [0.717, 1.165) is 16.9 Å². The summed E-state index contributed by atoms with van der Waals surface area (Å²) in [6.45, 7) is 6.46. The van der Waals surface area contributed by atoms with Gasteiger partial charge < -0.3 is 14.2 Å². The van der Waals surface area contributed by atoms with Crippen LogP contribution in [0.1, 0.15) is 26.3 Å². The summed E-state index contributed by atoms with van der Waals surface area (Å²) in [6, 6.07) is 13.3. The summed E-state index contributed by atoms with van der Waals surface area (Å²) in [5, 5.41) is 11.6. The minimum atomic E-state index is 0.0822. The quantitative estimate of drug-likeness (QED) is 0.429. The fourth-order valence-electron chi connectivity index (χ4n) is 2.73. The third-order valence-electron chi connectivity index (χ3n) is 3.92. The number of methoxy groups -OCH3 is 1. The Labute approximate surface area is 174 Å². The molecule has 1 aromatic heterocycles. The van der Waals surface area contributed by atoms with E-state index in [1.54, 1.807) is 18.0 Å². The number of H-pyrrole nitrogens is 1. The van der Waals surface area contributed by atoms with Gasteiger partial charge in [0.25, 0.3) is 0 Å². The van der Waals surface area contributed by atoms with Crippen molar-refractivity contribution in [3.05, 3.63) is 52.8 Å². The van der Waals surface area contributed by atoms with Gasteiger partial charge in [-0.3, -0.25) is 0 Å². The van der Waals surface area contributed by atoms with Crippen LogP contribution in [0.4, 0.5) is 0 Å². The lowest BCUT2D eigenvalue weighted by Gasteiger charge is -2.10. The number of aromatic amines is 1. The van der Waals surface area contributed by atoms with E-state index in [9.17, 15) is 0 Å². The zero-order valence-electron chi connectivity index (χ0n) is 16.9. The number of hydrogen-bond acceptors (Lipinski definition) is 6. The molecule has 7 nitrogen and oxygen atoms in total. The molecule has 0 spiro atoms. The molecule has 152 valence electrons. The van der Waals surface area contributed by atoms with E-state index < -0.39 is 0 Å². The van der Waals surface area contributed by atoms with Gasteiger partial charge in [-0.2, -0.15) is 14.9 Å². The molecule has 0 bridgehead atoms. The van der Waals surface area contributed by atoms with Crippen LogP contribution in [0.3, 0.4) is 0 Å². The number of nitrogens with zero attached hydrogens (tertiary/aromatic N) is 3. The van der Waals surface area contributed by atoms with E-state index in [1.807, 2.05) is 63.2 Å². The number of hydrogen-bond donors (Lipinski definition) is 1. The Balaban J connectivity index is 1.92. The summed E-state index contributed by atoms with van der Waals surface area (Å²) in [5.41, 5.74) is 1.69. The number of aromatic nitrogens is 3. The van der Waals surface area contributed by atoms with E-state index in [4.69, 9.17) is 26.4 Å². The van der Waals surface area contributed by atoms with Gasteiger partial charge in [-0.25, -0.2) is 5.10 Å². The summed E-state index contributed by atoms with van der Waals surface area (Å²) >= 11 is 5.35. The lowest BCUT2D eigenvalue weighted by Crippen LogP contribution is -2.05. The molecule has 0 atom stereocenters. The van der Waals surface area contributed by atoms with E-state index in [1.165, 1.54) is 0 Å². The topological polar surface area (TPSA) is 73.7 Å². The average molecular weight is 413 g/mol. The Morgan fingerprint density at radius 1 is 1.21 bits per heavy atom. The summed E-state index contributed by atoms with van der Waals surface area (Å²) in [6.07, 6.45) is 1.78. The van der Waals surface area contributed by atoms with Crippen LogP contribution in [0.2, 0.25) is 0 Å². The molecule has 3 rings (SSSR count). The molecule has 0 saturated carbocycles. The number of ether oxygens (including phenoxy) is 3. The van der Waals surface area contributed by atoms with Crippen molar-refractivity contribution in [1.29, 1.82) is 0 Å². The minimum Gasteiger partial charge on any atom is -0.493 e. The third-order valence-corrected chi connectivity index (χ3v) is 4.19. The van der Waals surface area contributed by atoms with Crippen molar-refractivity contribution in [3.63, 3.8) is 0 Å². The molecule has 0 aliphatic rings.